The molecule has 0 radical (unpaired) electrons. The molecule has 0 unspecified atom stereocenters. The Morgan fingerprint density at radius 2 is 1.67 bits per heavy atom. The first kappa shape index (κ1) is 30.5. The van der Waals surface area contributed by atoms with Crippen LogP contribution in [-0.4, -0.2) is 30.1 Å². The highest BCUT2D eigenvalue weighted by molar-refractivity contribution is 9.10. The van der Waals surface area contributed by atoms with E-state index in [9.17, 15) is 18.8 Å². The molecule has 0 aliphatic rings. The highest BCUT2D eigenvalue weighted by atomic mass is 79.9. The van der Waals surface area contributed by atoms with Crippen LogP contribution in [0.4, 0.5) is 15.8 Å². The molecule has 0 aromatic heterocycles. The number of hydrogen-bond acceptors (Lipinski definition) is 5. The third-order valence-electron chi connectivity index (χ3n) is 5.70. The molecule has 0 fully saturated rings. The van der Waals surface area contributed by atoms with Crippen molar-refractivity contribution < 1.29 is 23.5 Å². The van der Waals surface area contributed by atoms with Crippen LogP contribution in [-0.2, 0) is 9.59 Å². The molecule has 3 N–H and O–H groups in total. The van der Waals surface area contributed by atoms with Crippen molar-refractivity contribution in [3.05, 3.63) is 124 Å². The maximum absolute atomic E-state index is 14.0. The van der Waals surface area contributed by atoms with E-state index in [1.54, 1.807) is 91.0 Å². The van der Waals surface area contributed by atoms with Crippen LogP contribution in [0.3, 0.4) is 0 Å². The molecule has 0 heterocycles. The van der Waals surface area contributed by atoms with Gasteiger partial charge < -0.3 is 20.7 Å². The van der Waals surface area contributed by atoms with Gasteiger partial charge in [0.1, 0.15) is 17.3 Å². The van der Waals surface area contributed by atoms with Gasteiger partial charge in [-0.3, -0.25) is 14.4 Å². The van der Waals surface area contributed by atoms with Gasteiger partial charge in [0.15, 0.2) is 0 Å². The van der Waals surface area contributed by atoms with Crippen LogP contribution in [0.25, 0.3) is 6.08 Å². The van der Waals surface area contributed by atoms with Gasteiger partial charge in [-0.05, 0) is 79.2 Å². The maximum Gasteiger partial charge on any atom is 0.272 e. The topological polar surface area (TPSA) is 96.5 Å². The Hall–Kier alpha value is -4.41. The van der Waals surface area contributed by atoms with Crippen molar-refractivity contribution in [3.63, 3.8) is 0 Å². The van der Waals surface area contributed by atoms with E-state index in [1.165, 1.54) is 23.9 Å². The van der Waals surface area contributed by atoms with Gasteiger partial charge >= 0.3 is 0 Å². The normalized spacial score (nSPS) is 11.0. The summed E-state index contributed by atoms with van der Waals surface area (Å²) in [6.45, 7) is 2.42. The Labute approximate surface area is 255 Å². The molecule has 3 amide bonds. The van der Waals surface area contributed by atoms with E-state index < -0.39 is 17.6 Å². The van der Waals surface area contributed by atoms with Crippen LogP contribution in [0.15, 0.2) is 112 Å². The van der Waals surface area contributed by atoms with E-state index in [2.05, 4.69) is 31.9 Å². The van der Waals surface area contributed by atoms with E-state index in [1.807, 2.05) is 6.92 Å². The summed E-state index contributed by atoms with van der Waals surface area (Å²) in [6.07, 6.45) is 1.58. The van der Waals surface area contributed by atoms with E-state index in [0.717, 1.165) is 0 Å². The minimum absolute atomic E-state index is 0.0307. The van der Waals surface area contributed by atoms with Gasteiger partial charge in [-0.2, -0.15) is 0 Å². The van der Waals surface area contributed by atoms with Crippen LogP contribution in [0.1, 0.15) is 22.8 Å². The van der Waals surface area contributed by atoms with Crippen molar-refractivity contribution >= 4 is 62.9 Å². The van der Waals surface area contributed by atoms with E-state index >= 15 is 0 Å². The predicted octanol–water partition coefficient (Wildman–Crippen LogP) is 7.13. The van der Waals surface area contributed by atoms with Gasteiger partial charge in [-0.15, -0.1) is 11.8 Å². The third-order valence-corrected chi connectivity index (χ3v) is 7.19. The number of amides is 3. The van der Waals surface area contributed by atoms with Crippen molar-refractivity contribution in [1.29, 1.82) is 0 Å². The van der Waals surface area contributed by atoms with Crippen molar-refractivity contribution in [1.82, 2.24) is 5.32 Å². The zero-order valence-corrected chi connectivity index (χ0v) is 24.9. The zero-order chi connectivity index (χ0) is 29.9. The fraction of sp³-hybridized carbons (Fsp3) is 0.0938. The zero-order valence-electron chi connectivity index (χ0n) is 22.5. The van der Waals surface area contributed by atoms with Crippen molar-refractivity contribution in [2.24, 2.45) is 0 Å². The predicted molar refractivity (Wildman–Crippen MR) is 168 cm³/mol. The van der Waals surface area contributed by atoms with E-state index in [0.29, 0.717) is 38.5 Å². The van der Waals surface area contributed by atoms with Gasteiger partial charge in [-0.25, -0.2) is 4.39 Å². The standard InChI is InChI=1S/C32H27BrFN3O4S/c1-2-41-25-14-11-21(12-15-25)17-29(37-31(39)22-7-4-3-5-8-22)32(40)35-24-9-6-10-26(19-24)42-20-30(38)36-28-16-13-23(33)18-27(28)34/h3-19H,2,20H2,1H3,(H,35,40)(H,36,38)(H,37,39)/b29-17+. The summed E-state index contributed by atoms with van der Waals surface area (Å²) in [6, 6.07) is 27.1. The summed E-state index contributed by atoms with van der Waals surface area (Å²) < 4.78 is 20.1. The van der Waals surface area contributed by atoms with Crippen molar-refractivity contribution in [2.75, 3.05) is 23.0 Å². The van der Waals surface area contributed by atoms with E-state index in [4.69, 9.17) is 4.74 Å². The molecule has 0 spiro atoms. The van der Waals surface area contributed by atoms with Gasteiger partial charge in [0.25, 0.3) is 11.8 Å². The number of halogens is 2. The second-order valence-electron chi connectivity index (χ2n) is 8.82. The van der Waals surface area contributed by atoms with Crippen LogP contribution < -0.4 is 20.7 Å². The Morgan fingerprint density at radius 1 is 0.905 bits per heavy atom. The first-order valence-corrected chi connectivity index (χ1v) is 14.7. The molecule has 0 aliphatic carbocycles. The maximum atomic E-state index is 14.0. The smallest absolute Gasteiger partial charge is 0.272 e. The van der Waals surface area contributed by atoms with Gasteiger partial charge in [0, 0.05) is 20.6 Å². The number of rotatable bonds is 11. The van der Waals surface area contributed by atoms with Crippen LogP contribution in [0, 0.1) is 5.82 Å². The molecule has 4 aromatic rings. The average molecular weight is 649 g/mol. The molecular weight excluding hydrogens is 621 g/mol. The molecule has 4 rings (SSSR count). The highest BCUT2D eigenvalue weighted by Crippen LogP contribution is 2.24. The fourth-order valence-corrected chi connectivity index (χ4v) is 4.81. The molecule has 10 heteroatoms. The third kappa shape index (κ3) is 9.05. The van der Waals surface area contributed by atoms with Crippen molar-refractivity contribution in [2.45, 2.75) is 11.8 Å². The molecule has 0 saturated carbocycles. The van der Waals surface area contributed by atoms with Crippen LogP contribution in [0.2, 0.25) is 0 Å². The Bertz CT molecular complexity index is 1600. The molecular formula is C32H27BrFN3O4S. The SMILES string of the molecule is CCOc1ccc(/C=C(/NC(=O)c2ccccc2)C(=O)Nc2cccc(SCC(=O)Nc3ccc(Br)cc3F)c2)cc1. The summed E-state index contributed by atoms with van der Waals surface area (Å²) in [5.74, 6) is -1.15. The first-order valence-electron chi connectivity index (χ1n) is 12.9. The van der Waals surface area contributed by atoms with Gasteiger partial charge in [-0.1, -0.05) is 52.3 Å². The molecule has 214 valence electrons. The Morgan fingerprint density at radius 3 is 2.38 bits per heavy atom. The Kier molecular flexibility index (Phi) is 10.9. The summed E-state index contributed by atoms with van der Waals surface area (Å²) in [5.41, 5.74) is 1.70. The number of carbonyl (C=O) groups excluding carboxylic acids is 3. The number of anilines is 2. The average Bonchev–Trinajstić information content (AvgIpc) is 2.99. The second kappa shape index (κ2) is 15.0. The molecule has 42 heavy (non-hydrogen) atoms. The number of carbonyl (C=O) groups is 3. The quantitative estimate of drug-likeness (QED) is 0.119. The first-order chi connectivity index (χ1) is 20.3. The van der Waals surface area contributed by atoms with Crippen LogP contribution in [0.5, 0.6) is 5.75 Å². The second-order valence-corrected chi connectivity index (χ2v) is 10.8. The molecule has 7 nitrogen and oxygen atoms in total. The fourth-order valence-electron chi connectivity index (χ4n) is 3.72. The van der Waals surface area contributed by atoms with Gasteiger partial charge in [0.05, 0.1) is 18.0 Å². The summed E-state index contributed by atoms with van der Waals surface area (Å²) >= 11 is 4.42. The molecule has 0 bridgehead atoms. The number of nitrogens with one attached hydrogen (secondary N) is 3. The summed E-state index contributed by atoms with van der Waals surface area (Å²) in [5, 5.41) is 8.09. The summed E-state index contributed by atoms with van der Waals surface area (Å²) in [7, 11) is 0. The lowest BCUT2D eigenvalue weighted by Crippen LogP contribution is -2.30. The van der Waals surface area contributed by atoms with E-state index in [-0.39, 0.29) is 23.0 Å². The van der Waals surface area contributed by atoms with Crippen LogP contribution >= 0.6 is 27.7 Å². The number of hydrogen-bond donors (Lipinski definition) is 3. The highest BCUT2D eigenvalue weighted by Gasteiger charge is 2.16. The number of ether oxygens (including phenoxy) is 1. The minimum Gasteiger partial charge on any atom is -0.494 e. The monoisotopic (exact) mass is 647 g/mol. The lowest BCUT2D eigenvalue weighted by molar-refractivity contribution is -0.114. The number of thioether (sulfide) groups is 1. The largest absolute Gasteiger partial charge is 0.494 e. The summed E-state index contributed by atoms with van der Waals surface area (Å²) in [4.78, 5) is 39.4. The van der Waals surface area contributed by atoms with Gasteiger partial charge in [0.2, 0.25) is 5.91 Å². The lowest BCUT2D eigenvalue weighted by Gasteiger charge is -2.12. The Balaban J connectivity index is 1.45. The molecule has 0 atom stereocenters. The minimum atomic E-state index is -0.541. The molecule has 0 aliphatic heterocycles. The number of benzene rings is 4. The molecule has 0 saturated heterocycles. The lowest BCUT2D eigenvalue weighted by atomic mass is 10.1. The van der Waals surface area contributed by atoms with Crippen molar-refractivity contribution in [3.8, 4) is 5.75 Å². The molecule has 4 aromatic carbocycles.